The van der Waals surface area contributed by atoms with E-state index in [4.69, 9.17) is 32.8 Å². The van der Waals surface area contributed by atoms with Crippen molar-refractivity contribution < 1.29 is 99.2 Å². The second-order valence-electron chi connectivity index (χ2n) is 13.2. The van der Waals surface area contributed by atoms with Crippen molar-refractivity contribution in [1.29, 1.82) is 0 Å². The maximum Gasteiger partial charge on any atom is 0.239 e. The van der Waals surface area contributed by atoms with Crippen molar-refractivity contribution in [1.82, 2.24) is 0 Å². The lowest BCUT2D eigenvalue weighted by Gasteiger charge is -2.46. The summed E-state index contributed by atoms with van der Waals surface area (Å²) < 4.78 is 39.9. The molecule has 3 aliphatic rings. The zero-order chi connectivity index (χ0) is 39.5. The first-order valence-electron chi connectivity index (χ1n) is 16.5. The molecule has 1 aromatic heterocycles. The number of aliphatic hydroxyl groups excluding tert-OH is 8. The maximum absolute atomic E-state index is 14.1. The molecular weight excluding hydrogens is 732 g/mol. The number of phenolic OH excluding ortho intramolecular Hbond substituents is 5. The molecule has 298 valence electrons. The standard InChI is InChI=1S/C33H40O21/c1-8-18(38)23(43)26(46)31(49-8)48-7-16-21(41)25(45)30(54-32-27(47)24(44)19(39)9(2)50-32)33(52-16)53-29-22(42)17-12(35)5-11(34)6-15(17)51-28(29)10-3-13(36)20(40)14(37)4-10/h3-6,8-9,16,18-19,21,23-27,30-41,43-47H,7H2,1-2H3/t8-,9+,16+,18-,19-,21+,23+,24-,25-,26-,27-,30-,31+,32-,33-/m0/s1. The molecule has 21 heteroatoms. The van der Waals surface area contributed by atoms with E-state index in [-0.39, 0.29) is 5.56 Å². The number of phenols is 5. The van der Waals surface area contributed by atoms with Crippen LogP contribution in [-0.2, 0) is 23.7 Å². The van der Waals surface area contributed by atoms with E-state index in [9.17, 15) is 71.2 Å². The number of rotatable bonds is 8. The minimum absolute atomic E-state index is 0.330. The molecule has 13 N–H and O–H groups in total. The van der Waals surface area contributed by atoms with Gasteiger partial charge in [0.15, 0.2) is 41.7 Å². The average Bonchev–Trinajstić information content (AvgIpc) is 3.12. The number of aromatic hydroxyl groups is 5. The van der Waals surface area contributed by atoms with Crippen LogP contribution in [0.25, 0.3) is 22.3 Å². The minimum atomic E-state index is -2.08. The van der Waals surface area contributed by atoms with Gasteiger partial charge in [0.05, 0.1) is 18.8 Å². The SMILES string of the molecule is C[C@@H]1O[C@@H](OC[C@H]2O[C@@H](Oc3c(-c4cc(O)c(O)c(O)c4)oc4cc(O)cc(O)c4c3=O)[C@@H](O[C@@H]3O[C@H](C)[C@H](O)[C@H](O)[C@@H]3O)[C@@H](O)[C@@H]2O)[C@@H](O)[C@H](O)[C@H]1O. The zero-order valence-corrected chi connectivity index (χ0v) is 28.3. The summed E-state index contributed by atoms with van der Waals surface area (Å²) in [4.78, 5) is 14.1. The summed E-state index contributed by atoms with van der Waals surface area (Å²) in [5.41, 5.74) is -1.93. The highest BCUT2D eigenvalue weighted by Crippen LogP contribution is 2.43. The Bertz CT molecular complexity index is 1860. The van der Waals surface area contributed by atoms with Gasteiger partial charge in [0.25, 0.3) is 0 Å². The molecule has 3 aromatic rings. The lowest BCUT2D eigenvalue weighted by molar-refractivity contribution is -0.360. The van der Waals surface area contributed by atoms with Gasteiger partial charge in [-0.1, -0.05) is 0 Å². The van der Waals surface area contributed by atoms with Gasteiger partial charge < -0.3 is 99.2 Å². The molecule has 6 rings (SSSR count). The Morgan fingerprint density at radius 2 is 1.20 bits per heavy atom. The molecule has 54 heavy (non-hydrogen) atoms. The fraction of sp³-hybridized carbons (Fsp3) is 0.545. The molecule has 0 aliphatic carbocycles. The highest BCUT2D eigenvalue weighted by molar-refractivity contribution is 5.88. The molecule has 4 heterocycles. The quantitative estimate of drug-likeness (QED) is 0.101. The number of hydrogen-bond acceptors (Lipinski definition) is 21. The zero-order valence-electron chi connectivity index (χ0n) is 28.3. The summed E-state index contributed by atoms with van der Waals surface area (Å²) in [6, 6.07) is 3.45. The van der Waals surface area contributed by atoms with Gasteiger partial charge >= 0.3 is 0 Å². The van der Waals surface area contributed by atoms with Crippen LogP contribution in [0.2, 0.25) is 0 Å². The molecule has 2 aromatic carbocycles. The van der Waals surface area contributed by atoms with Gasteiger partial charge in [-0.2, -0.15) is 0 Å². The van der Waals surface area contributed by atoms with Crippen LogP contribution in [0.3, 0.4) is 0 Å². The van der Waals surface area contributed by atoms with Crippen molar-refractivity contribution in [2.75, 3.05) is 6.61 Å². The van der Waals surface area contributed by atoms with Crippen LogP contribution in [0.5, 0.6) is 34.5 Å². The molecule has 0 bridgehead atoms. The average molecular weight is 773 g/mol. The fourth-order valence-corrected chi connectivity index (χ4v) is 6.32. The van der Waals surface area contributed by atoms with Crippen LogP contribution < -0.4 is 10.2 Å². The molecule has 0 unspecified atom stereocenters. The van der Waals surface area contributed by atoms with E-state index in [1.807, 2.05) is 0 Å². The normalized spacial score (nSPS) is 37.3. The first kappa shape index (κ1) is 39.6. The lowest BCUT2D eigenvalue weighted by atomic mass is 9.97. The van der Waals surface area contributed by atoms with Gasteiger partial charge in [0, 0.05) is 17.7 Å². The second kappa shape index (κ2) is 15.2. The molecule has 3 fully saturated rings. The predicted octanol–water partition coefficient (Wildman–Crippen LogP) is -3.13. The van der Waals surface area contributed by atoms with Crippen molar-refractivity contribution in [3.63, 3.8) is 0 Å². The van der Waals surface area contributed by atoms with Crippen LogP contribution in [0.1, 0.15) is 13.8 Å². The highest BCUT2D eigenvalue weighted by atomic mass is 16.8. The minimum Gasteiger partial charge on any atom is -0.508 e. The Morgan fingerprint density at radius 3 is 1.81 bits per heavy atom. The Kier molecular flexibility index (Phi) is 11.2. The third-order valence-electron chi connectivity index (χ3n) is 9.46. The van der Waals surface area contributed by atoms with Crippen LogP contribution in [0.4, 0.5) is 0 Å². The van der Waals surface area contributed by atoms with E-state index in [2.05, 4.69) is 0 Å². The highest BCUT2D eigenvalue weighted by Gasteiger charge is 2.52. The van der Waals surface area contributed by atoms with E-state index in [1.54, 1.807) is 0 Å². The summed E-state index contributed by atoms with van der Waals surface area (Å²) in [6.45, 7) is 1.99. The van der Waals surface area contributed by atoms with Gasteiger partial charge in [-0.25, -0.2) is 0 Å². The third-order valence-corrected chi connectivity index (χ3v) is 9.46. The summed E-state index contributed by atoms with van der Waals surface area (Å²) >= 11 is 0. The summed E-state index contributed by atoms with van der Waals surface area (Å²) in [5, 5.41) is 135. The molecule has 3 aliphatic heterocycles. The third kappa shape index (κ3) is 7.22. The molecule has 0 saturated carbocycles. The molecule has 0 radical (unpaired) electrons. The van der Waals surface area contributed by atoms with Crippen LogP contribution in [0, 0.1) is 0 Å². The van der Waals surface area contributed by atoms with Gasteiger partial charge in [-0.05, 0) is 26.0 Å². The van der Waals surface area contributed by atoms with Crippen molar-refractivity contribution in [2.45, 2.75) is 106 Å². The van der Waals surface area contributed by atoms with E-state index < -0.39 is 155 Å². The Morgan fingerprint density at radius 1 is 0.630 bits per heavy atom. The molecule has 15 atom stereocenters. The lowest BCUT2D eigenvalue weighted by Crippen LogP contribution is -2.65. The van der Waals surface area contributed by atoms with Crippen LogP contribution >= 0.6 is 0 Å². The molecule has 21 nitrogen and oxygen atoms in total. The molecule has 0 amide bonds. The molecular formula is C33H40O21. The van der Waals surface area contributed by atoms with Crippen molar-refractivity contribution in [3.05, 3.63) is 34.5 Å². The number of hydrogen-bond donors (Lipinski definition) is 13. The Hall–Kier alpha value is -4.07. The summed E-state index contributed by atoms with van der Waals surface area (Å²) in [6.07, 6.45) is -25.6. The van der Waals surface area contributed by atoms with E-state index in [0.717, 1.165) is 24.3 Å². The number of aliphatic hydroxyl groups is 8. The smallest absolute Gasteiger partial charge is 0.239 e. The topological polar surface area (TPSA) is 349 Å². The van der Waals surface area contributed by atoms with E-state index >= 15 is 0 Å². The van der Waals surface area contributed by atoms with Crippen molar-refractivity contribution in [2.24, 2.45) is 0 Å². The monoisotopic (exact) mass is 772 g/mol. The molecule has 0 spiro atoms. The van der Waals surface area contributed by atoms with Gasteiger partial charge in [-0.3, -0.25) is 4.79 Å². The first-order chi connectivity index (χ1) is 25.4. The number of benzene rings is 2. The fourth-order valence-electron chi connectivity index (χ4n) is 6.32. The van der Waals surface area contributed by atoms with Crippen LogP contribution in [-0.4, -0.2) is 165 Å². The summed E-state index contributed by atoms with van der Waals surface area (Å²) in [5.74, 6) is -5.56. The van der Waals surface area contributed by atoms with Crippen molar-refractivity contribution >= 4 is 11.0 Å². The van der Waals surface area contributed by atoms with E-state index in [0.29, 0.717) is 0 Å². The van der Waals surface area contributed by atoms with Crippen LogP contribution in [0.15, 0.2) is 33.5 Å². The van der Waals surface area contributed by atoms with Gasteiger partial charge in [0.2, 0.25) is 17.5 Å². The van der Waals surface area contributed by atoms with Crippen molar-refractivity contribution in [3.8, 4) is 45.8 Å². The number of fused-ring (bicyclic) bond motifs is 1. The largest absolute Gasteiger partial charge is 0.508 e. The Labute approximate surface area is 303 Å². The maximum atomic E-state index is 14.1. The van der Waals surface area contributed by atoms with E-state index in [1.165, 1.54) is 13.8 Å². The summed E-state index contributed by atoms with van der Waals surface area (Å²) in [7, 11) is 0. The first-order valence-corrected chi connectivity index (χ1v) is 16.5. The second-order valence-corrected chi connectivity index (χ2v) is 13.2. The van der Waals surface area contributed by atoms with Gasteiger partial charge in [-0.15, -0.1) is 0 Å². The van der Waals surface area contributed by atoms with Gasteiger partial charge in [0.1, 0.15) is 77.4 Å². The Balaban J connectivity index is 1.42. The number of ether oxygens (including phenoxy) is 6. The molecule has 3 saturated heterocycles. The predicted molar refractivity (Wildman–Crippen MR) is 173 cm³/mol.